The van der Waals surface area contributed by atoms with Crippen LogP contribution in [0.15, 0.2) is 425 Å². The quantitative estimate of drug-likeness (QED) is 0.0277. The third-order valence-corrected chi connectivity index (χ3v) is 32.4. The molecule has 149 heavy (non-hydrogen) atoms. The van der Waals surface area contributed by atoms with Crippen LogP contribution in [0.25, 0.3) is 24.3 Å². The number of hydrogen-bond donors (Lipinski definition) is 2. The van der Waals surface area contributed by atoms with Crippen molar-refractivity contribution in [3.8, 4) is 0 Å². The molecule has 0 unspecified atom stereocenters. The summed E-state index contributed by atoms with van der Waals surface area (Å²) in [6.45, 7) is 50.7. The second kappa shape index (κ2) is 104. The molecule has 0 fully saturated rings. The van der Waals surface area contributed by atoms with Gasteiger partial charge in [0.1, 0.15) is 6.29 Å². The predicted molar refractivity (Wildman–Crippen MR) is 664 cm³/mol. The van der Waals surface area contributed by atoms with E-state index < -0.39 is 25.2 Å². The molecule has 16 aromatic carbocycles. The van der Waals surface area contributed by atoms with Crippen LogP contribution in [0.3, 0.4) is 0 Å². The zero-order valence-electron chi connectivity index (χ0n) is 90.5. The number of aldehydes is 1. The van der Waals surface area contributed by atoms with Gasteiger partial charge in [0.15, 0.2) is 0 Å². The van der Waals surface area contributed by atoms with E-state index in [2.05, 4.69) is 394 Å². The van der Waals surface area contributed by atoms with E-state index >= 15 is 0 Å². The minimum absolute atomic E-state index is 0. The smallest absolute Gasteiger partial charge is 0.336 e. The van der Waals surface area contributed by atoms with Crippen LogP contribution in [0, 0.1) is 58.9 Å². The molecule has 2 N–H and O–H groups in total. The van der Waals surface area contributed by atoms with Crippen molar-refractivity contribution in [1.29, 1.82) is 0 Å². The number of rotatable bonds is 19. The fourth-order valence-corrected chi connectivity index (χ4v) is 23.6. The third-order valence-electron chi connectivity index (χ3n) is 19.9. The Kier molecular flexibility index (Phi) is 111. The molecule has 0 aliphatic carbocycles. The molecule has 802 valence electrons. The van der Waals surface area contributed by atoms with Crippen LogP contribution in [-0.2, 0) is 109 Å². The second-order valence-electron chi connectivity index (χ2n) is 28.2. The fraction of sp³-hybridized carbons (Fsp3) is 0.243. The molecule has 0 saturated heterocycles. The van der Waals surface area contributed by atoms with Gasteiger partial charge in [-0.1, -0.05) is 414 Å². The van der Waals surface area contributed by atoms with Crippen LogP contribution >= 0.6 is 44.6 Å². The van der Waals surface area contributed by atoms with E-state index in [-0.39, 0.29) is 114 Å². The van der Waals surface area contributed by atoms with Crippen molar-refractivity contribution < 1.29 is 109 Å². The monoisotopic (exact) mass is 2840 g/mol. The normalized spacial score (nSPS) is 9.14. The van der Waals surface area contributed by atoms with Crippen molar-refractivity contribution in [1.82, 2.24) is 0 Å². The predicted octanol–water partition coefficient (Wildman–Crippen LogP) is 39.4. The van der Waals surface area contributed by atoms with Gasteiger partial charge in [0.2, 0.25) is 0 Å². The van der Waals surface area contributed by atoms with Crippen LogP contribution in [0.4, 0.5) is 0 Å². The number of benzene rings is 16. The van der Waals surface area contributed by atoms with Crippen LogP contribution < -0.4 is 31.8 Å². The molecule has 0 radical (unpaired) electrons. The number of carboxylic acid groups (broad SMARTS) is 2. The number of carbonyl (C=O) groups is 3. The summed E-state index contributed by atoms with van der Waals surface area (Å²) in [6, 6.07) is 155. The summed E-state index contributed by atoms with van der Waals surface area (Å²) in [7, 11) is -0.446. The Morgan fingerprint density at radius 2 is 0.523 bits per heavy atom. The largest absolute Gasteiger partial charge is 0.478 e. The van der Waals surface area contributed by atoms with Crippen LogP contribution in [-0.4, -0.2) is 28.4 Å². The number of carboxylic acids is 2. The molecule has 0 atom stereocenters. The second-order valence-corrected chi connectivity index (χ2v) is 39.9. The number of alkyl halides is 1. The summed E-state index contributed by atoms with van der Waals surface area (Å²) >= 11 is 7.93. The molecule has 0 bridgehead atoms. The number of carbonyl (C=O) groups excluding carboxylic acids is 1. The summed E-state index contributed by atoms with van der Waals surface area (Å²) in [5.41, 5.74) is 17.2. The molecule has 16 rings (SSSR count). The fourth-order valence-electron chi connectivity index (χ4n) is 12.9. The van der Waals surface area contributed by atoms with Crippen molar-refractivity contribution in [2.75, 3.05) is 0 Å². The number of hydrogen-bond acceptors (Lipinski definition) is 3. The standard InChI is InChI=1S/C26H24BrP.C18H15P.C15H13O2.C15H11O2.C15H13.C8H9Br.C8H10.C7H5O.10C2H6.4CH4.4W/c1-22-13-11-12-14-23(22)21-28(27,24-15-5-2-6-16-24,25-17-7-3-8-18-25)26-19-9-4-10-20-26;1-4-10-16(11-5-1)19(17-12-6-2-7-13-17)18-14-8-3-9-15-18;2*16-15(17)14-9-5-4-8-13(14)11-10-12-6-2-1-3-7-12;1-13-7-5-6-10-15(13)12-11-14-8-3-2-4-9-14;1-7-4-2-3-5-8(7)6-9;1-7-5-3-4-6-8(7)2;8-6-7-4-2-1-3-5-7;10*1-2;;;;;;;;/h2-20H,21H2,1H3;1-15H;2-9H,10-11H2,(H,16,17);2-11H,(H,16,17);3-12H,1H3;2-5H,6H2,1H3;3-6H,1-2H3;2-6H;10*1-2H3;4*1H4;;;;/q;;3*-1;;;-1;;;;;;;;;;;;;;;;;;. The molecule has 13 heteroatoms. The molecule has 0 aliphatic rings. The van der Waals surface area contributed by atoms with Crippen molar-refractivity contribution in [2.45, 2.75) is 227 Å². The van der Waals surface area contributed by atoms with E-state index in [1.807, 2.05) is 223 Å². The van der Waals surface area contributed by atoms with Crippen LogP contribution in [0.5, 0.6) is 0 Å². The van der Waals surface area contributed by atoms with Gasteiger partial charge in [0, 0.05) is 89.6 Å². The number of aromatic carboxylic acids is 2. The molecule has 0 spiro atoms. The molecule has 16 aromatic rings. The average Bonchev–Trinajstić information content (AvgIpc) is 0.701. The first kappa shape index (κ1) is 159. The maximum absolute atomic E-state index is 11.0. The average molecular weight is 2850 g/mol. The van der Waals surface area contributed by atoms with Crippen LogP contribution in [0.2, 0.25) is 0 Å². The Hall–Kier alpha value is -9.82. The first-order valence-electron chi connectivity index (χ1n) is 49.9. The summed E-state index contributed by atoms with van der Waals surface area (Å²) in [4.78, 5) is 32.0. The van der Waals surface area contributed by atoms with E-state index in [1.165, 1.54) is 87.5 Å². The van der Waals surface area contributed by atoms with E-state index in [4.69, 9.17) is 10.2 Å². The van der Waals surface area contributed by atoms with E-state index in [1.54, 1.807) is 60.7 Å². The molecule has 0 amide bonds. The Morgan fingerprint density at radius 1 is 0.275 bits per heavy atom. The third kappa shape index (κ3) is 60.9. The SMILES string of the molecule is C.C.C.C.CC.CC.CC.CC.CC.CC.CC.CC.CC.CC.Cc1ccccc1C.Cc1ccccc1C=Cc1cc[c-]cc1.Cc1ccccc1CBr.Cc1ccccc1CP(Br)(c1ccccc1)(c1ccccc1)c1ccccc1.O=C(O)c1ccccc1C=Cc1cc[c-]cc1.O=C(O)c1ccccc1CCc1cc[c-]cc1.O=Cc1cc[c-]cc1.[W].[W].[W].[W].c1ccc(P(c2ccccc2)c2ccccc2)cc1. The minimum atomic E-state index is -2.90. The number of aryl methyl sites for hydroxylation is 7. The molecular formula is C136H176Br2O5P2W4-4. The van der Waals surface area contributed by atoms with Gasteiger partial charge >= 0.3 is 188 Å². The van der Waals surface area contributed by atoms with Gasteiger partial charge in [-0.15, -0.1) is 11.1 Å². The van der Waals surface area contributed by atoms with Crippen molar-refractivity contribution >= 4 is 119 Å². The topological polar surface area (TPSA) is 91.7 Å². The molecule has 0 aliphatic heterocycles. The first-order valence-corrected chi connectivity index (χ1v) is 56.8. The molecule has 5 nitrogen and oxygen atoms in total. The minimum Gasteiger partial charge on any atom is -0.478 e. The Morgan fingerprint density at radius 3 is 0.812 bits per heavy atom. The van der Waals surface area contributed by atoms with Gasteiger partial charge in [-0.3, -0.25) is 0 Å². The first-order chi connectivity index (χ1) is 69.1. The molecular weight excluding hydrogens is 2670 g/mol. The maximum Gasteiger partial charge on any atom is 0.336 e. The van der Waals surface area contributed by atoms with E-state index in [0.717, 1.165) is 41.7 Å². The summed E-state index contributed by atoms with van der Waals surface area (Å²) in [6.07, 6.45) is 11.3. The van der Waals surface area contributed by atoms with Gasteiger partial charge < -0.3 is 15.0 Å². The zero-order chi connectivity index (χ0) is 106. The van der Waals surface area contributed by atoms with Gasteiger partial charge in [-0.2, -0.15) is 127 Å². The molecule has 0 aromatic heterocycles. The Bertz CT molecular complexity index is 5580. The summed E-state index contributed by atoms with van der Waals surface area (Å²) < 4.78 is 0. The van der Waals surface area contributed by atoms with Gasteiger partial charge in [0.25, 0.3) is 0 Å². The van der Waals surface area contributed by atoms with Gasteiger partial charge in [0.05, 0.1) is 11.1 Å². The van der Waals surface area contributed by atoms with E-state index in [0.29, 0.717) is 22.3 Å². The summed E-state index contributed by atoms with van der Waals surface area (Å²) in [5.74, 6) is -1.77. The molecule has 0 saturated carbocycles. The Labute approximate surface area is 983 Å². The van der Waals surface area contributed by atoms with Crippen molar-refractivity contribution in [2.24, 2.45) is 0 Å². The van der Waals surface area contributed by atoms with E-state index in [9.17, 15) is 14.4 Å². The Balaban J connectivity index is -0.000000183. The van der Waals surface area contributed by atoms with Crippen molar-refractivity contribution in [3.05, 3.63) is 538 Å². The maximum atomic E-state index is 11.0. The summed E-state index contributed by atoms with van der Waals surface area (Å²) in [5, 5.41) is 24.4. The zero-order valence-corrected chi connectivity index (χ0v) is 107. The molecule has 0 heterocycles. The van der Waals surface area contributed by atoms with Crippen LogP contribution in [0.1, 0.15) is 272 Å². The number of halogens is 2. The van der Waals surface area contributed by atoms with Crippen molar-refractivity contribution in [3.63, 3.8) is 0 Å². The van der Waals surface area contributed by atoms with Gasteiger partial charge in [-0.25, -0.2) is 9.59 Å². The van der Waals surface area contributed by atoms with Gasteiger partial charge in [-0.05, 0) is 121 Å².